The fourth-order valence-corrected chi connectivity index (χ4v) is 3.55. The van der Waals surface area contributed by atoms with Gasteiger partial charge in [0.1, 0.15) is 23.3 Å². The van der Waals surface area contributed by atoms with E-state index in [1.165, 1.54) is 40.4 Å². The molecule has 0 saturated heterocycles. The molecule has 2 aromatic heterocycles. The van der Waals surface area contributed by atoms with Gasteiger partial charge in [-0.25, -0.2) is 4.98 Å². The molecule has 0 bridgehead atoms. The first-order chi connectivity index (χ1) is 12.4. The topological polar surface area (TPSA) is 107 Å². The molecule has 0 radical (unpaired) electrons. The number of hydrogen-bond donors (Lipinski definition) is 1. The van der Waals surface area contributed by atoms with Gasteiger partial charge in [0.2, 0.25) is 0 Å². The number of ether oxygens (including phenoxy) is 1. The first kappa shape index (κ1) is 18.0. The Bertz CT molecular complexity index is 1030. The van der Waals surface area contributed by atoms with E-state index in [0.717, 1.165) is 10.4 Å². The number of aromatic nitrogens is 2. The SMILES string of the molecule is Cc1sc2ncn(C[C@H](O)COc3cccc([N+](=O)[O-])c3)c(=O)c2c1C. The van der Waals surface area contributed by atoms with Crippen molar-refractivity contribution in [1.29, 1.82) is 0 Å². The number of hydrogen-bond acceptors (Lipinski definition) is 7. The predicted molar refractivity (Wildman–Crippen MR) is 98.0 cm³/mol. The van der Waals surface area contributed by atoms with Gasteiger partial charge in [-0.15, -0.1) is 11.3 Å². The number of nitrogens with zero attached hydrogens (tertiary/aromatic N) is 3. The maximum absolute atomic E-state index is 12.6. The van der Waals surface area contributed by atoms with E-state index in [-0.39, 0.29) is 30.1 Å². The number of thiophene rings is 1. The highest BCUT2D eigenvalue weighted by atomic mass is 32.1. The van der Waals surface area contributed by atoms with E-state index in [9.17, 15) is 20.0 Å². The van der Waals surface area contributed by atoms with E-state index in [1.807, 2.05) is 13.8 Å². The average Bonchev–Trinajstić information content (AvgIpc) is 2.91. The van der Waals surface area contributed by atoms with Crippen LogP contribution in [0.4, 0.5) is 5.69 Å². The van der Waals surface area contributed by atoms with Gasteiger partial charge in [-0.2, -0.15) is 0 Å². The lowest BCUT2D eigenvalue weighted by Crippen LogP contribution is -2.30. The molecule has 3 aromatic rings. The number of aliphatic hydroxyl groups excluding tert-OH is 1. The van der Waals surface area contributed by atoms with Crippen molar-refractivity contribution < 1.29 is 14.8 Å². The monoisotopic (exact) mass is 375 g/mol. The number of aryl methyl sites for hydroxylation is 2. The van der Waals surface area contributed by atoms with Gasteiger partial charge in [0.15, 0.2) is 0 Å². The van der Waals surface area contributed by atoms with Crippen LogP contribution >= 0.6 is 11.3 Å². The fraction of sp³-hybridized carbons (Fsp3) is 0.294. The molecule has 0 amide bonds. The number of rotatable bonds is 6. The third-order valence-electron chi connectivity index (χ3n) is 4.03. The van der Waals surface area contributed by atoms with Crippen molar-refractivity contribution in [2.45, 2.75) is 26.5 Å². The van der Waals surface area contributed by atoms with Crippen molar-refractivity contribution in [2.24, 2.45) is 0 Å². The Hall–Kier alpha value is -2.78. The summed E-state index contributed by atoms with van der Waals surface area (Å²) in [7, 11) is 0. The molecular formula is C17H17N3O5S. The molecule has 26 heavy (non-hydrogen) atoms. The van der Waals surface area contributed by atoms with E-state index in [1.54, 1.807) is 6.07 Å². The summed E-state index contributed by atoms with van der Waals surface area (Å²) in [6.07, 6.45) is 0.447. The zero-order valence-electron chi connectivity index (χ0n) is 14.2. The number of nitro groups is 1. The summed E-state index contributed by atoms with van der Waals surface area (Å²) < 4.78 is 6.75. The van der Waals surface area contributed by atoms with Gasteiger partial charge in [0.25, 0.3) is 11.2 Å². The largest absolute Gasteiger partial charge is 0.491 e. The van der Waals surface area contributed by atoms with Crippen LogP contribution in [-0.4, -0.2) is 32.3 Å². The molecule has 0 saturated carbocycles. The van der Waals surface area contributed by atoms with Crippen molar-refractivity contribution >= 4 is 27.2 Å². The normalized spacial score (nSPS) is 12.3. The highest BCUT2D eigenvalue weighted by Gasteiger charge is 2.15. The lowest BCUT2D eigenvalue weighted by Gasteiger charge is -2.13. The minimum absolute atomic E-state index is 0.0189. The Morgan fingerprint density at radius 3 is 2.92 bits per heavy atom. The number of non-ortho nitro benzene ring substituents is 1. The molecule has 0 aliphatic heterocycles. The maximum atomic E-state index is 12.6. The standard InChI is InChI=1S/C17H17N3O5S/c1-10-11(2)26-16-15(10)17(22)19(9-18-16)7-13(21)8-25-14-5-3-4-12(6-14)20(23)24/h3-6,9,13,21H,7-8H2,1-2H3/t13-/m0/s1. The third kappa shape index (κ3) is 3.58. The molecule has 3 rings (SSSR count). The first-order valence-corrected chi connectivity index (χ1v) is 8.69. The van der Waals surface area contributed by atoms with Gasteiger partial charge in [-0.1, -0.05) is 6.07 Å². The van der Waals surface area contributed by atoms with E-state index in [4.69, 9.17) is 4.74 Å². The van der Waals surface area contributed by atoms with Crippen LogP contribution in [0.25, 0.3) is 10.2 Å². The molecule has 2 heterocycles. The zero-order valence-corrected chi connectivity index (χ0v) is 15.0. The molecule has 1 atom stereocenters. The molecule has 0 aliphatic rings. The smallest absolute Gasteiger partial charge is 0.273 e. The van der Waals surface area contributed by atoms with Crippen molar-refractivity contribution in [3.63, 3.8) is 0 Å². The van der Waals surface area contributed by atoms with Crippen LogP contribution in [0.5, 0.6) is 5.75 Å². The van der Waals surface area contributed by atoms with Gasteiger partial charge in [0.05, 0.1) is 29.2 Å². The van der Waals surface area contributed by atoms with E-state index in [2.05, 4.69) is 4.98 Å². The second-order valence-electron chi connectivity index (χ2n) is 5.88. The van der Waals surface area contributed by atoms with Crippen LogP contribution in [0.2, 0.25) is 0 Å². The van der Waals surface area contributed by atoms with Crippen LogP contribution in [0.3, 0.4) is 0 Å². The van der Waals surface area contributed by atoms with Crippen molar-refractivity contribution in [3.05, 3.63) is 61.5 Å². The molecule has 0 spiro atoms. The van der Waals surface area contributed by atoms with Crippen molar-refractivity contribution in [2.75, 3.05) is 6.61 Å². The van der Waals surface area contributed by atoms with Gasteiger partial charge >= 0.3 is 0 Å². The third-order valence-corrected chi connectivity index (χ3v) is 5.15. The van der Waals surface area contributed by atoms with Crippen LogP contribution in [0, 0.1) is 24.0 Å². The molecule has 9 heteroatoms. The van der Waals surface area contributed by atoms with Crippen LogP contribution < -0.4 is 10.3 Å². The first-order valence-electron chi connectivity index (χ1n) is 7.87. The van der Waals surface area contributed by atoms with Crippen molar-refractivity contribution in [3.8, 4) is 5.75 Å². The second-order valence-corrected chi connectivity index (χ2v) is 7.09. The van der Waals surface area contributed by atoms with Crippen molar-refractivity contribution in [1.82, 2.24) is 9.55 Å². The summed E-state index contributed by atoms with van der Waals surface area (Å²) in [5.41, 5.74) is 0.608. The summed E-state index contributed by atoms with van der Waals surface area (Å²) in [4.78, 5) is 28.8. The average molecular weight is 375 g/mol. The zero-order chi connectivity index (χ0) is 18.8. The second kappa shape index (κ2) is 7.22. The number of nitro benzene ring substituents is 1. The van der Waals surface area contributed by atoms with E-state index >= 15 is 0 Å². The molecule has 0 aliphatic carbocycles. The quantitative estimate of drug-likeness (QED) is 0.524. The highest BCUT2D eigenvalue weighted by molar-refractivity contribution is 7.18. The summed E-state index contributed by atoms with van der Waals surface area (Å²) in [5, 5.41) is 21.5. The molecule has 1 N–H and O–H groups in total. The molecule has 136 valence electrons. The fourth-order valence-electron chi connectivity index (χ4n) is 2.56. The van der Waals surface area contributed by atoms with Gasteiger partial charge in [-0.05, 0) is 25.5 Å². The molecular weight excluding hydrogens is 358 g/mol. The number of fused-ring (bicyclic) bond motifs is 1. The summed E-state index contributed by atoms with van der Waals surface area (Å²) in [5.74, 6) is 0.281. The predicted octanol–water partition coefficient (Wildman–Crippen LogP) is 2.42. The van der Waals surface area contributed by atoms with Crippen LogP contribution in [0.1, 0.15) is 10.4 Å². The Morgan fingerprint density at radius 2 is 2.19 bits per heavy atom. The van der Waals surface area contributed by atoms with E-state index < -0.39 is 11.0 Å². The number of benzene rings is 1. The molecule has 0 fully saturated rings. The van der Waals surface area contributed by atoms with Gasteiger partial charge in [0, 0.05) is 10.9 Å². The minimum Gasteiger partial charge on any atom is -0.491 e. The highest BCUT2D eigenvalue weighted by Crippen LogP contribution is 2.25. The lowest BCUT2D eigenvalue weighted by atomic mass is 10.2. The Kier molecular flexibility index (Phi) is 5.01. The van der Waals surface area contributed by atoms with E-state index in [0.29, 0.717) is 10.2 Å². The van der Waals surface area contributed by atoms with Crippen LogP contribution in [0.15, 0.2) is 35.4 Å². The maximum Gasteiger partial charge on any atom is 0.273 e. The summed E-state index contributed by atoms with van der Waals surface area (Å²) >= 11 is 1.47. The Balaban J connectivity index is 1.71. The molecule has 1 aromatic carbocycles. The van der Waals surface area contributed by atoms with Gasteiger partial charge in [-0.3, -0.25) is 19.5 Å². The molecule has 8 nitrogen and oxygen atoms in total. The lowest BCUT2D eigenvalue weighted by molar-refractivity contribution is -0.384. The Labute approximate surface area is 152 Å². The van der Waals surface area contributed by atoms with Crippen LogP contribution in [-0.2, 0) is 6.54 Å². The molecule has 0 unspecified atom stereocenters. The summed E-state index contributed by atoms with van der Waals surface area (Å²) in [6, 6.07) is 5.71. The van der Waals surface area contributed by atoms with Gasteiger partial charge < -0.3 is 9.84 Å². The Morgan fingerprint density at radius 1 is 1.42 bits per heavy atom. The minimum atomic E-state index is -0.966. The summed E-state index contributed by atoms with van der Waals surface area (Å²) in [6.45, 7) is 3.73. The number of aliphatic hydroxyl groups is 1.